The Morgan fingerprint density at radius 1 is 1.38 bits per heavy atom. The summed E-state index contributed by atoms with van der Waals surface area (Å²) >= 11 is 0. The minimum Gasteiger partial charge on any atom is -0.361 e. The van der Waals surface area contributed by atoms with E-state index < -0.39 is 10.0 Å². The Hall–Kier alpha value is -1.49. The van der Waals surface area contributed by atoms with E-state index in [-0.39, 0.29) is 5.25 Å². The summed E-state index contributed by atoms with van der Waals surface area (Å²) in [5, 5.41) is 0.641. The van der Waals surface area contributed by atoms with E-state index in [1.807, 2.05) is 12.1 Å². The van der Waals surface area contributed by atoms with E-state index in [4.69, 9.17) is 0 Å². The number of anilines is 1. The molecule has 1 radical (unpaired) electrons. The summed E-state index contributed by atoms with van der Waals surface area (Å²) < 4.78 is 26.2. The number of aromatic amines is 1. The highest BCUT2D eigenvalue weighted by molar-refractivity contribution is 7.93. The maximum atomic E-state index is 11.8. The molecule has 4 nitrogen and oxygen atoms in total. The average molecular weight is 235 g/mol. The van der Waals surface area contributed by atoms with Gasteiger partial charge in [-0.2, -0.15) is 0 Å². The van der Waals surface area contributed by atoms with Crippen molar-refractivity contribution in [1.29, 1.82) is 0 Å². The third-order valence-electron chi connectivity index (χ3n) is 2.73. The first kappa shape index (κ1) is 9.72. The summed E-state index contributed by atoms with van der Waals surface area (Å²) in [5.74, 6) is 0. The lowest BCUT2D eigenvalue weighted by Gasteiger charge is -2.07. The molecule has 1 saturated carbocycles. The van der Waals surface area contributed by atoms with Crippen LogP contribution in [0.1, 0.15) is 12.8 Å². The van der Waals surface area contributed by atoms with Crippen LogP contribution in [0.2, 0.25) is 0 Å². The number of benzene rings is 1. The van der Waals surface area contributed by atoms with E-state index in [1.165, 1.54) is 0 Å². The predicted molar refractivity (Wildman–Crippen MR) is 62.7 cm³/mol. The van der Waals surface area contributed by atoms with Crippen molar-refractivity contribution >= 4 is 26.6 Å². The van der Waals surface area contributed by atoms with Crippen LogP contribution in [0.3, 0.4) is 0 Å². The van der Waals surface area contributed by atoms with Gasteiger partial charge in [-0.1, -0.05) is 6.07 Å². The summed E-state index contributed by atoms with van der Waals surface area (Å²) in [7, 11) is -3.20. The molecule has 1 aliphatic rings. The molecule has 0 saturated heterocycles. The van der Waals surface area contributed by atoms with Gasteiger partial charge < -0.3 is 4.98 Å². The van der Waals surface area contributed by atoms with Crippen molar-refractivity contribution in [1.82, 2.24) is 4.98 Å². The zero-order valence-electron chi connectivity index (χ0n) is 8.53. The van der Waals surface area contributed by atoms with Gasteiger partial charge in [0.15, 0.2) is 0 Å². The van der Waals surface area contributed by atoms with Crippen molar-refractivity contribution in [3.8, 4) is 0 Å². The van der Waals surface area contributed by atoms with Crippen molar-refractivity contribution in [2.24, 2.45) is 0 Å². The molecule has 0 atom stereocenters. The highest BCUT2D eigenvalue weighted by Gasteiger charge is 2.35. The van der Waals surface area contributed by atoms with Gasteiger partial charge in [-0.3, -0.25) is 4.72 Å². The van der Waals surface area contributed by atoms with E-state index in [0.29, 0.717) is 5.69 Å². The number of hydrogen-bond acceptors (Lipinski definition) is 2. The Bertz CT molecular complexity index is 626. The van der Waals surface area contributed by atoms with E-state index in [0.717, 1.165) is 23.7 Å². The molecular formula is C11H11N2O2S. The molecule has 3 rings (SSSR count). The second-order valence-corrected chi connectivity index (χ2v) is 5.96. The fourth-order valence-electron chi connectivity index (χ4n) is 1.71. The van der Waals surface area contributed by atoms with Crippen molar-refractivity contribution in [2.75, 3.05) is 4.72 Å². The van der Waals surface area contributed by atoms with Crippen LogP contribution in [0, 0.1) is 6.07 Å². The first-order valence-corrected chi connectivity index (χ1v) is 6.71. The van der Waals surface area contributed by atoms with Crippen molar-refractivity contribution in [3.63, 3.8) is 0 Å². The monoisotopic (exact) mass is 235 g/mol. The lowest BCUT2D eigenvalue weighted by molar-refractivity contribution is 0.600. The fraction of sp³-hybridized carbons (Fsp3) is 0.273. The smallest absolute Gasteiger partial charge is 0.235 e. The molecule has 2 N–H and O–H groups in total. The average Bonchev–Trinajstić information content (AvgIpc) is 2.98. The van der Waals surface area contributed by atoms with Crippen molar-refractivity contribution in [3.05, 3.63) is 30.5 Å². The Kier molecular flexibility index (Phi) is 1.97. The van der Waals surface area contributed by atoms with Crippen LogP contribution >= 0.6 is 0 Å². The maximum absolute atomic E-state index is 11.8. The third-order valence-corrected chi connectivity index (χ3v) is 4.57. The molecule has 1 aliphatic carbocycles. The van der Waals surface area contributed by atoms with Crippen LogP contribution in [-0.4, -0.2) is 18.7 Å². The molecule has 0 amide bonds. The molecular weight excluding hydrogens is 224 g/mol. The minimum atomic E-state index is -3.20. The maximum Gasteiger partial charge on any atom is 0.235 e. The van der Waals surface area contributed by atoms with E-state index in [1.54, 1.807) is 12.3 Å². The molecule has 1 aromatic carbocycles. The summed E-state index contributed by atoms with van der Waals surface area (Å²) in [6.45, 7) is 0. The van der Waals surface area contributed by atoms with E-state index in [9.17, 15) is 8.42 Å². The van der Waals surface area contributed by atoms with Crippen molar-refractivity contribution < 1.29 is 8.42 Å². The Morgan fingerprint density at radius 2 is 2.19 bits per heavy atom. The van der Waals surface area contributed by atoms with Crippen molar-refractivity contribution in [2.45, 2.75) is 18.1 Å². The van der Waals surface area contributed by atoms with E-state index in [2.05, 4.69) is 15.8 Å². The van der Waals surface area contributed by atoms with Gasteiger partial charge in [0.25, 0.3) is 0 Å². The van der Waals surface area contributed by atoms with Gasteiger partial charge in [-0.25, -0.2) is 8.42 Å². The summed E-state index contributed by atoms with van der Waals surface area (Å²) in [5.41, 5.74) is 1.44. The number of hydrogen-bond donors (Lipinski definition) is 2. The lowest BCUT2D eigenvalue weighted by Crippen LogP contribution is -2.17. The van der Waals surface area contributed by atoms with Gasteiger partial charge in [-0.15, -0.1) is 0 Å². The van der Waals surface area contributed by atoms with Crippen LogP contribution in [-0.2, 0) is 10.0 Å². The summed E-state index contributed by atoms with van der Waals surface area (Å²) in [4.78, 5) is 3.04. The Morgan fingerprint density at radius 3 is 2.94 bits per heavy atom. The highest BCUT2D eigenvalue weighted by atomic mass is 32.2. The zero-order valence-corrected chi connectivity index (χ0v) is 9.34. The molecule has 5 heteroatoms. The number of fused-ring (bicyclic) bond motifs is 1. The van der Waals surface area contributed by atoms with Crippen LogP contribution in [0.4, 0.5) is 5.69 Å². The van der Waals surface area contributed by atoms with Gasteiger partial charge in [0, 0.05) is 23.2 Å². The topological polar surface area (TPSA) is 62.0 Å². The van der Waals surface area contributed by atoms with Gasteiger partial charge in [0.2, 0.25) is 10.0 Å². The van der Waals surface area contributed by atoms with Crippen LogP contribution in [0.5, 0.6) is 0 Å². The molecule has 16 heavy (non-hydrogen) atoms. The molecule has 2 aromatic rings. The first-order chi connectivity index (χ1) is 7.67. The molecule has 0 spiro atoms. The standard InChI is InChI=1S/C11H11N2O2S/c14-16(15,8-4-5-8)13-11-3-1-2-10-9(11)6-7-12-10/h1-2,6-8,12-13H,4-5H2. The summed E-state index contributed by atoms with van der Waals surface area (Å²) in [6, 6.07) is 8.35. The lowest BCUT2D eigenvalue weighted by atomic mass is 10.2. The zero-order chi connectivity index (χ0) is 11.2. The SMILES string of the molecule is O=S(=O)(Nc1[c]ccc2[nH]ccc12)C1CC1. The number of aromatic nitrogens is 1. The molecule has 0 bridgehead atoms. The van der Waals surface area contributed by atoms with E-state index >= 15 is 0 Å². The van der Waals surface area contributed by atoms with Crippen LogP contribution in [0.15, 0.2) is 24.4 Å². The predicted octanol–water partition coefficient (Wildman–Crippen LogP) is 1.87. The largest absolute Gasteiger partial charge is 0.361 e. The minimum absolute atomic E-state index is 0.213. The van der Waals surface area contributed by atoms with Gasteiger partial charge in [-0.05, 0) is 25.0 Å². The number of rotatable bonds is 3. The third kappa shape index (κ3) is 1.57. The van der Waals surface area contributed by atoms with Crippen LogP contribution < -0.4 is 4.72 Å². The number of nitrogens with one attached hydrogen (secondary N) is 2. The normalized spacial score (nSPS) is 16.5. The van der Waals surface area contributed by atoms with Gasteiger partial charge in [0.05, 0.1) is 10.9 Å². The first-order valence-electron chi connectivity index (χ1n) is 5.16. The van der Waals surface area contributed by atoms with Gasteiger partial charge >= 0.3 is 0 Å². The second kappa shape index (κ2) is 3.25. The molecule has 1 fully saturated rings. The molecule has 0 unspecified atom stereocenters. The number of H-pyrrole nitrogens is 1. The van der Waals surface area contributed by atoms with Gasteiger partial charge in [0.1, 0.15) is 0 Å². The quantitative estimate of drug-likeness (QED) is 0.853. The molecule has 1 heterocycles. The van der Waals surface area contributed by atoms with Crippen LogP contribution in [0.25, 0.3) is 10.9 Å². The fourth-order valence-corrected chi connectivity index (χ4v) is 3.09. The Balaban J connectivity index is 2.03. The Labute approximate surface area is 93.7 Å². The molecule has 0 aliphatic heterocycles. The molecule has 83 valence electrons. The molecule has 1 aromatic heterocycles. The number of sulfonamides is 1. The second-order valence-electron chi connectivity index (χ2n) is 4.00. The summed E-state index contributed by atoms with van der Waals surface area (Å²) in [6.07, 6.45) is 3.31. The highest BCUT2D eigenvalue weighted by Crippen LogP contribution is 2.31.